The van der Waals surface area contributed by atoms with E-state index in [0.29, 0.717) is 6.54 Å². The van der Waals surface area contributed by atoms with Crippen LogP contribution in [0, 0.1) is 5.92 Å². The summed E-state index contributed by atoms with van der Waals surface area (Å²) < 4.78 is 22.3. The van der Waals surface area contributed by atoms with Gasteiger partial charge in [0.25, 0.3) is 0 Å². The quantitative estimate of drug-likeness (QED) is 0.685. The van der Waals surface area contributed by atoms with Crippen LogP contribution in [0.1, 0.15) is 33.1 Å². The van der Waals surface area contributed by atoms with Gasteiger partial charge in [0.2, 0.25) is 0 Å². The molecule has 1 aliphatic carbocycles. The molecule has 1 saturated carbocycles. The van der Waals surface area contributed by atoms with Crippen molar-refractivity contribution in [3.8, 4) is 0 Å². The van der Waals surface area contributed by atoms with Crippen molar-refractivity contribution >= 4 is 21.8 Å². The zero-order valence-corrected chi connectivity index (χ0v) is 13.5. The number of aliphatic carboxylic acids is 1. The lowest BCUT2D eigenvalue weighted by Crippen LogP contribution is -2.50. The van der Waals surface area contributed by atoms with Crippen LogP contribution in [-0.4, -0.2) is 61.1 Å². The molecule has 122 valence electrons. The average molecular weight is 320 g/mol. The molecule has 0 aromatic carbocycles. The highest BCUT2D eigenvalue weighted by Gasteiger charge is 2.34. The number of rotatable bonds is 8. The summed E-state index contributed by atoms with van der Waals surface area (Å²) in [6.07, 6.45) is 2.78. The number of nitrogens with zero attached hydrogens (tertiary/aromatic N) is 1. The summed E-state index contributed by atoms with van der Waals surface area (Å²) in [4.78, 5) is 25.0. The third-order valence-corrected chi connectivity index (χ3v) is 4.16. The summed E-state index contributed by atoms with van der Waals surface area (Å²) in [6.45, 7) is 4.54. The van der Waals surface area contributed by atoms with Gasteiger partial charge in [0.15, 0.2) is 0 Å². The lowest BCUT2D eigenvalue weighted by molar-refractivity contribution is -0.139. The van der Waals surface area contributed by atoms with Gasteiger partial charge in [0, 0.05) is 18.8 Å². The normalized spacial score (nSPS) is 16.6. The minimum Gasteiger partial charge on any atom is -0.480 e. The predicted molar refractivity (Wildman–Crippen MR) is 78.8 cm³/mol. The van der Waals surface area contributed by atoms with Gasteiger partial charge in [-0.15, -0.1) is 0 Å². The summed E-state index contributed by atoms with van der Waals surface area (Å²) >= 11 is 0. The number of carboxylic acid groups (broad SMARTS) is 1. The Balaban J connectivity index is 2.63. The van der Waals surface area contributed by atoms with Crippen LogP contribution in [0.5, 0.6) is 0 Å². The molecule has 1 atom stereocenters. The molecule has 8 heteroatoms. The Bertz CT molecular complexity index is 485. The third kappa shape index (κ3) is 6.79. The highest BCUT2D eigenvalue weighted by Crippen LogP contribution is 2.27. The van der Waals surface area contributed by atoms with Gasteiger partial charge in [-0.05, 0) is 25.2 Å². The van der Waals surface area contributed by atoms with Crippen molar-refractivity contribution in [3.05, 3.63) is 0 Å². The SMILES string of the molecule is CC(C)CN(C(=O)NC(CCS(C)(=O)=O)C(=O)O)C1CC1. The highest BCUT2D eigenvalue weighted by molar-refractivity contribution is 7.90. The van der Waals surface area contributed by atoms with Crippen LogP contribution in [0.2, 0.25) is 0 Å². The Morgan fingerprint density at radius 1 is 1.33 bits per heavy atom. The standard InChI is InChI=1S/C13H24N2O5S/c1-9(2)8-15(10-4-5-10)13(18)14-11(12(16)17)6-7-21(3,19)20/h9-11H,4-8H2,1-3H3,(H,14,18)(H,16,17). The zero-order valence-electron chi connectivity index (χ0n) is 12.7. The maximum atomic E-state index is 12.2. The summed E-state index contributed by atoms with van der Waals surface area (Å²) in [5.41, 5.74) is 0. The van der Waals surface area contributed by atoms with Crippen LogP contribution >= 0.6 is 0 Å². The number of sulfone groups is 1. The van der Waals surface area contributed by atoms with Gasteiger partial charge in [-0.2, -0.15) is 0 Å². The van der Waals surface area contributed by atoms with E-state index in [4.69, 9.17) is 5.11 Å². The number of carboxylic acids is 1. The van der Waals surface area contributed by atoms with E-state index < -0.39 is 27.9 Å². The number of urea groups is 1. The molecule has 21 heavy (non-hydrogen) atoms. The number of hydrogen-bond donors (Lipinski definition) is 2. The first-order valence-corrected chi connectivity index (χ1v) is 9.14. The van der Waals surface area contributed by atoms with Crippen molar-refractivity contribution in [2.24, 2.45) is 5.92 Å². The fraction of sp³-hybridized carbons (Fsp3) is 0.846. The number of carbonyl (C=O) groups excluding carboxylic acids is 1. The van der Waals surface area contributed by atoms with Gasteiger partial charge in [-0.25, -0.2) is 18.0 Å². The molecular weight excluding hydrogens is 296 g/mol. The summed E-state index contributed by atoms with van der Waals surface area (Å²) in [5.74, 6) is -1.19. The van der Waals surface area contributed by atoms with Crippen LogP contribution in [-0.2, 0) is 14.6 Å². The van der Waals surface area contributed by atoms with Gasteiger partial charge in [-0.3, -0.25) is 0 Å². The predicted octanol–water partition coefficient (Wildman–Crippen LogP) is 0.704. The van der Waals surface area contributed by atoms with E-state index in [2.05, 4.69) is 5.32 Å². The lowest BCUT2D eigenvalue weighted by atomic mass is 10.2. The van der Waals surface area contributed by atoms with E-state index in [-0.39, 0.29) is 24.1 Å². The molecule has 2 N–H and O–H groups in total. The zero-order chi connectivity index (χ0) is 16.2. The van der Waals surface area contributed by atoms with Gasteiger partial charge in [0.05, 0.1) is 5.75 Å². The molecular formula is C13H24N2O5S. The first-order valence-electron chi connectivity index (χ1n) is 7.08. The largest absolute Gasteiger partial charge is 0.480 e. The molecule has 0 aliphatic heterocycles. The Kier molecular flexibility index (Phi) is 6.00. The molecule has 7 nitrogen and oxygen atoms in total. The summed E-state index contributed by atoms with van der Waals surface area (Å²) in [6, 6.07) is -1.43. The second-order valence-electron chi connectivity index (χ2n) is 6.04. The maximum absolute atomic E-state index is 12.2. The second kappa shape index (κ2) is 7.11. The molecule has 0 heterocycles. The number of hydrogen-bond acceptors (Lipinski definition) is 4. The molecule has 0 bridgehead atoms. The Morgan fingerprint density at radius 3 is 2.29 bits per heavy atom. The second-order valence-corrected chi connectivity index (χ2v) is 8.30. The van der Waals surface area contributed by atoms with Crippen LogP contribution in [0.15, 0.2) is 0 Å². The fourth-order valence-electron chi connectivity index (χ4n) is 2.00. The van der Waals surface area contributed by atoms with Crippen molar-refractivity contribution in [2.45, 2.75) is 45.2 Å². The molecule has 0 aromatic rings. The van der Waals surface area contributed by atoms with Crippen molar-refractivity contribution < 1.29 is 23.1 Å². The molecule has 0 spiro atoms. The highest BCUT2D eigenvalue weighted by atomic mass is 32.2. The van der Waals surface area contributed by atoms with Crippen LogP contribution in [0.25, 0.3) is 0 Å². The van der Waals surface area contributed by atoms with Gasteiger partial charge in [-0.1, -0.05) is 13.8 Å². The van der Waals surface area contributed by atoms with Gasteiger partial charge >= 0.3 is 12.0 Å². The smallest absolute Gasteiger partial charge is 0.326 e. The van der Waals surface area contributed by atoms with E-state index in [1.807, 2.05) is 13.8 Å². The molecule has 1 aliphatic rings. The van der Waals surface area contributed by atoms with Crippen LogP contribution < -0.4 is 5.32 Å². The molecule has 1 rings (SSSR count). The van der Waals surface area contributed by atoms with E-state index in [1.54, 1.807) is 4.90 Å². The molecule has 0 saturated heterocycles. The van der Waals surface area contributed by atoms with E-state index >= 15 is 0 Å². The first-order chi connectivity index (χ1) is 9.60. The van der Waals surface area contributed by atoms with E-state index in [0.717, 1.165) is 19.1 Å². The average Bonchev–Trinajstić information content (AvgIpc) is 3.13. The van der Waals surface area contributed by atoms with Crippen molar-refractivity contribution in [1.29, 1.82) is 0 Å². The summed E-state index contributed by atoms with van der Waals surface area (Å²) in [5, 5.41) is 11.5. The van der Waals surface area contributed by atoms with E-state index in [1.165, 1.54) is 0 Å². The monoisotopic (exact) mass is 320 g/mol. The molecule has 1 unspecified atom stereocenters. The maximum Gasteiger partial charge on any atom is 0.326 e. The topological polar surface area (TPSA) is 104 Å². The minimum atomic E-state index is -3.26. The van der Waals surface area contributed by atoms with E-state index in [9.17, 15) is 18.0 Å². The molecule has 0 aromatic heterocycles. The van der Waals surface area contributed by atoms with Crippen molar-refractivity contribution in [3.63, 3.8) is 0 Å². The summed E-state index contributed by atoms with van der Waals surface area (Å²) in [7, 11) is -3.26. The molecule has 2 amide bonds. The van der Waals surface area contributed by atoms with Crippen LogP contribution in [0.3, 0.4) is 0 Å². The van der Waals surface area contributed by atoms with Crippen LogP contribution in [0.4, 0.5) is 4.79 Å². The minimum absolute atomic E-state index is 0.125. The lowest BCUT2D eigenvalue weighted by Gasteiger charge is -2.26. The third-order valence-electron chi connectivity index (χ3n) is 3.18. The number of amides is 2. The van der Waals surface area contributed by atoms with Crippen molar-refractivity contribution in [2.75, 3.05) is 18.6 Å². The fourth-order valence-corrected chi connectivity index (χ4v) is 2.66. The Labute approximate surface area is 125 Å². The number of nitrogens with one attached hydrogen (secondary N) is 1. The molecule has 1 fully saturated rings. The Hall–Kier alpha value is -1.31. The van der Waals surface area contributed by atoms with Crippen molar-refractivity contribution in [1.82, 2.24) is 10.2 Å². The molecule has 0 radical (unpaired) electrons. The van der Waals surface area contributed by atoms with Gasteiger partial charge in [0.1, 0.15) is 15.9 Å². The van der Waals surface area contributed by atoms with Gasteiger partial charge < -0.3 is 15.3 Å². The Morgan fingerprint density at radius 2 is 1.90 bits per heavy atom. The number of carbonyl (C=O) groups is 2. The first kappa shape index (κ1) is 17.7.